The van der Waals surface area contributed by atoms with Gasteiger partial charge in [-0.05, 0) is 61.8 Å². The summed E-state index contributed by atoms with van der Waals surface area (Å²) in [7, 11) is 2.55. The molecule has 0 saturated carbocycles. The summed E-state index contributed by atoms with van der Waals surface area (Å²) in [5, 5.41) is 5.38. The maximum absolute atomic E-state index is 13.7. The monoisotopic (exact) mass is 820 g/mol. The lowest BCUT2D eigenvalue weighted by atomic mass is 9.98. The van der Waals surface area contributed by atoms with Crippen molar-refractivity contribution in [1.82, 2.24) is 50.3 Å². The molecule has 2 aromatic carbocycles. The van der Waals surface area contributed by atoms with Crippen LogP contribution in [0, 0.1) is 11.8 Å². The highest BCUT2D eigenvalue weighted by atomic mass is 16.5. The van der Waals surface area contributed by atoms with E-state index >= 15 is 0 Å². The summed E-state index contributed by atoms with van der Waals surface area (Å²) in [5.41, 5.74) is 6.73. The number of hydrogen-bond acceptors (Lipinski definition) is 12. The molecule has 4 N–H and O–H groups in total. The lowest BCUT2D eigenvalue weighted by molar-refractivity contribution is -0.136. The van der Waals surface area contributed by atoms with Gasteiger partial charge in [0.15, 0.2) is 24.0 Å². The molecule has 4 aromatic heterocycles. The summed E-state index contributed by atoms with van der Waals surface area (Å²) < 4.78 is 21.6. The lowest BCUT2D eigenvalue weighted by Crippen LogP contribution is -2.51. The fourth-order valence-corrected chi connectivity index (χ4v) is 8.43. The number of nitrogens with zero attached hydrogens (tertiary/aromatic N) is 6. The number of benzene rings is 2. The zero-order valence-corrected chi connectivity index (χ0v) is 34.3. The van der Waals surface area contributed by atoms with E-state index in [1.165, 1.54) is 27.0 Å². The number of alkyl carbamates (subject to hydrolysis) is 2. The number of carbonyl (C=O) groups is 4. The topological polar surface area (TPSA) is 227 Å². The number of carbonyl (C=O) groups excluding carboxylic acids is 4. The van der Waals surface area contributed by atoms with E-state index < -0.39 is 24.3 Å². The first-order valence-electron chi connectivity index (χ1n) is 20.1. The Bertz CT molecular complexity index is 2380. The number of fused-ring (bicyclic) bond motifs is 2. The molecule has 2 fully saturated rings. The van der Waals surface area contributed by atoms with Crippen molar-refractivity contribution in [3.63, 3.8) is 0 Å². The minimum atomic E-state index is -0.737. The molecule has 4 atom stereocenters. The average Bonchev–Trinajstić information content (AvgIpc) is 4.10. The lowest BCUT2D eigenvalue weighted by Gasteiger charge is -2.30. The smallest absolute Gasteiger partial charge is 0.407 e. The van der Waals surface area contributed by atoms with Crippen molar-refractivity contribution in [2.45, 2.75) is 77.5 Å². The molecule has 6 heterocycles. The second-order valence-corrected chi connectivity index (χ2v) is 15.8. The third-order valence-electron chi connectivity index (χ3n) is 11.5. The van der Waals surface area contributed by atoms with Crippen LogP contribution in [0.1, 0.15) is 77.1 Å². The molecular weight excluding hydrogens is 773 g/mol. The molecule has 2 aliphatic heterocycles. The predicted molar refractivity (Wildman–Crippen MR) is 218 cm³/mol. The number of likely N-dealkylation sites (tertiary alicyclic amines) is 2. The summed E-state index contributed by atoms with van der Waals surface area (Å²) in [6, 6.07) is 5.71. The maximum atomic E-state index is 13.7. The van der Waals surface area contributed by atoms with Crippen LogP contribution in [-0.2, 0) is 19.1 Å². The summed E-state index contributed by atoms with van der Waals surface area (Å²) in [6.07, 6.45) is 7.99. The van der Waals surface area contributed by atoms with Crippen molar-refractivity contribution in [1.29, 1.82) is 0 Å². The SMILES string of the molecule is COC(=O)N[C@H](C(=O)N1CCC[C@H]1c1ncc(-c2ccc(-c3ccc(-c4cnc([C@@H]5CCCN5C(=O)[C@@H](NC(=O)OC)C(C)C)[nH]4)c4ncoc34)c3ocnc23)[nH]1)C(C)C. The molecule has 0 bridgehead atoms. The molecule has 0 unspecified atom stereocenters. The number of oxazole rings is 2. The van der Waals surface area contributed by atoms with Crippen molar-refractivity contribution in [3.8, 4) is 33.6 Å². The molecule has 18 heteroatoms. The van der Waals surface area contributed by atoms with Crippen LogP contribution in [0.4, 0.5) is 9.59 Å². The van der Waals surface area contributed by atoms with Crippen LogP contribution in [0.25, 0.3) is 55.8 Å². The van der Waals surface area contributed by atoms with Gasteiger partial charge in [-0.15, -0.1) is 0 Å². The largest absolute Gasteiger partial charge is 0.453 e. The number of hydrogen-bond donors (Lipinski definition) is 4. The van der Waals surface area contributed by atoms with Gasteiger partial charge in [0.25, 0.3) is 0 Å². The molecule has 314 valence electrons. The second-order valence-electron chi connectivity index (χ2n) is 15.8. The molecule has 2 aliphatic rings. The van der Waals surface area contributed by atoms with Gasteiger partial charge in [-0.1, -0.05) is 27.7 Å². The minimum absolute atomic E-state index is 0.147. The van der Waals surface area contributed by atoms with E-state index in [1.54, 1.807) is 22.2 Å². The Kier molecular flexibility index (Phi) is 11.0. The molecule has 0 radical (unpaired) electrons. The minimum Gasteiger partial charge on any atom is -0.453 e. The van der Waals surface area contributed by atoms with Crippen LogP contribution in [0.15, 0.2) is 58.3 Å². The van der Waals surface area contributed by atoms with Crippen LogP contribution in [0.2, 0.25) is 0 Å². The Hall–Kier alpha value is -6.72. The van der Waals surface area contributed by atoms with E-state index in [4.69, 9.17) is 28.3 Å². The second kappa shape index (κ2) is 16.5. The predicted octanol–water partition coefficient (Wildman–Crippen LogP) is 6.50. The van der Waals surface area contributed by atoms with Crippen molar-refractivity contribution in [3.05, 3.63) is 61.1 Å². The molecule has 8 rings (SSSR count). The fraction of sp³-hybridized carbons (Fsp3) is 0.429. The Morgan fingerprint density at radius 1 is 0.650 bits per heavy atom. The highest BCUT2D eigenvalue weighted by Gasteiger charge is 2.39. The number of amides is 4. The van der Waals surface area contributed by atoms with E-state index in [1.807, 2.05) is 52.0 Å². The van der Waals surface area contributed by atoms with Gasteiger partial charge in [-0.25, -0.2) is 29.5 Å². The highest BCUT2D eigenvalue weighted by Crippen LogP contribution is 2.41. The van der Waals surface area contributed by atoms with Gasteiger partial charge in [0.1, 0.15) is 34.8 Å². The summed E-state index contributed by atoms with van der Waals surface area (Å²) in [5.74, 6) is 0.615. The van der Waals surface area contributed by atoms with E-state index in [0.29, 0.717) is 58.3 Å². The van der Waals surface area contributed by atoms with Crippen LogP contribution in [-0.4, -0.2) is 103 Å². The van der Waals surface area contributed by atoms with Crippen LogP contribution < -0.4 is 10.6 Å². The van der Waals surface area contributed by atoms with E-state index in [2.05, 4.69) is 30.6 Å². The molecule has 6 aromatic rings. The first kappa shape index (κ1) is 40.1. The standard InChI is InChI=1S/C42H48N10O8/c1-21(2)31(49-41(55)57-5)39(53)51-15-7-9-29(51)37-43-17-27(47-37)25-13-11-23(35-33(25)45-19-59-35)24-12-14-26(34-36(24)60-20-46-34)28-18-44-38(48-28)30-10-8-16-52(30)40(54)32(22(3)4)50-42(56)58-6/h11-14,17-22,29-32H,7-10,15-16H2,1-6H3,(H,43,47)(H,44,48)(H,49,55)(H,50,56)/t29-,30-,31-,32-/m0/s1. The highest BCUT2D eigenvalue weighted by molar-refractivity contribution is 6.06. The number of H-pyrrole nitrogens is 2. The Labute approximate surface area is 344 Å². The summed E-state index contributed by atoms with van der Waals surface area (Å²) in [6.45, 7) is 8.61. The van der Waals surface area contributed by atoms with E-state index in [0.717, 1.165) is 47.9 Å². The van der Waals surface area contributed by atoms with Gasteiger partial charge >= 0.3 is 12.2 Å². The van der Waals surface area contributed by atoms with Crippen LogP contribution >= 0.6 is 0 Å². The average molecular weight is 821 g/mol. The van der Waals surface area contributed by atoms with Crippen molar-refractivity contribution in [2.75, 3.05) is 27.3 Å². The molecule has 60 heavy (non-hydrogen) atoms. The number of rotatable bonds is 11. The van der Waals surface area contributed by atoms with Crippen molar-refractivity contribution < 1.29 is 37.5 Å². The Balaban J connectivity index is 1.05. The van der Waals surface area contributed by atoms with Crippen molar-refractivity contribution in [2.24, 2.45) is 11.8 Å². The zero-order chi connectivity index (χ0) is 42.2. The first-order chi connectivity index (χ1) is 29.0. The number of methoxy groups -OCH3 is 2. The normalized spacial score (nSPS) is 17.8. The van der Waals surface area contributed by atoms with Gasteiger partial charge in [0.2, 0.25) is 11.8 Å². The van der Waals surface area contributed by atoms with Gasteiger partial charge in [0, 0.05) is 35.3 Å². The van der Waals surface area contributed by atoms with Gasteiger partial charge in [0.05, 0.1) is 50.1 Å². The molecule has 0 spiro atoms. The summed E-state index contributed by atoms with van der Waals surface area (Å²) in [4.78, 5) is 80.5. The van der Waals surface area contributed by atoms with Gasteiger partial charge < -0.3 is 48.7 Å². The van der Waals surface area contributed by atoms with Gasteiger partial charge in [-0.2, -0.15) is 0 Å². The number of ether oxygens (including phenoxy) is 2. The maximum Gasteiger partial charge on any atom is 0.407 e. The zero-order valence-electron chi connectivity index (χ0n) is 34.3. The number of imidazole rings is 2. The first-order valence-corrected chi connectivity index (χ1v) is 20.1. The fourth-order valence-electron chi connectivity index (χ4n) is 8.43. The Morgan fingerprint density at radius 3 is 1.43 bits per heavy atom. The molecule has 4 amide bonds. The molecular formula is C42H48N10O8. The third kappa shape index (κ3) is 7.30. The molecule has 18 nitrogen and oxygen atoms in total. The van der Waals surface area contributed by atoms with E-state index in [9.17, 15) is 19.2 Å². The molecule has 0 aliphatic carbocycles. The van der Waals surface area contributed by atoms with Crippen LogP contribution in [0.5, 0.6) is 0 Å². The number of nitrogens with one attached hydrogen (secondary N) is 4. The quantitative estimate of drug-likeness (QED) is 0.110. The molecule has 2 saturated heterocycles. The van der Waals surface area contributed by atoms with Crippen LogP contribution in [0.3, 0.4) is 0 Å². The Morgan fingerprint density at radius 2 is 1.05 bits per heavy atom. The summed E-state index contributed by atoms with van der Waals surface area (Å²) >= 11 is 0. The third-order valence-corrected chi connectivity index (χ3v) is 11.5. The number of aromatic nitrogens is 6. The van der Waals surface area contributed by atoms with Crippen molar-refractivity contribution >= 4 is 46.2 Å². The van der Waals surface area contributed by atoms with E-state index in [-0.39, 0.29) is 35.7 Å². The van der Waals surface area contributed by atoms with Gasteiger partial charge in [-0.3, -0.25) is 9.59 Å². The number of aromatic amines is 2.